The average Bonchev–Trinajstić information content (AvgIpc) is 2.70. The average molecular weight is 347 g/mol. The molecule has 3 aromatic rings. The van der Waals surface area contributed by atoms with Crippen molar-refractivity contribution < 1.29 is 14.3 Å². The van der Waals surface area contributed by atoms with Gasteiger partial charge in [0.2, 0.25) is 6.10 Å². The number of nitrogens with one attached hydrogen (secondary N) is 2. The molecule has 2 aromatic carbocycles. The number of aromatic nitrogens is 1. The molecule has 2 N–H and O–H groups in total. The zero-order valence-corrected chi connectivity index (χ0v) is 13.9. The predicted octanol–water partition coefficient (Wildman–Crippen LogP) is 3.60. The quantitative estimate of drug-likeness (QED) is 0.754. The summed E-state index contributed by atoms with van der Waals surface area (Å²) in [5.74, 6) is 1.64. The van der Waals surface area contributed by atoms with Crippen molar-refractivity contribution in [2.45, 2.75) is 6.10 Å². The molecule has 1 amide bonds. The minimum absolute atomic E-state index is 0.171. The van der Waals surface area contributed by atoms with E-state index in [9.17, 15) is 4.79 Å². The first-order chi connectivity index (χ1) is 12.8. The monoisotopic (exact) mass is 347 g/mol. The number of para-hydroxylation sites is 3. The molecule has 0 unspecified atom stereocenters. The molecule has 26 heavy (non-hydrogen) atoms. The highest BCUT2D eigenvalue weighted by atomic mass is 16.6. The Morgan fingerprint density at radius 2 is 1.69 bits per heavy atom. The van der Waals surface area contributed by atoms with E-state index in [1.54, 1.807) is 24.4 Å². The van der Waals surface area contributed by atoms with Gasteiger partial charge in [-0.15, -0.1) is 0 Å². The Morgan fingerprint density at radius 3 is 2.46 bits per heavy atom. The van der Waals surface area contributed by atoms with Crippen molar-refractivity contribution in [1.82, 2.24) is 4.98 Å². The summed E-state index contributed by atoms with van der Waals surface area (Å²) in [6, 6.07) is 20.6. The SMILES string of the molecule is O=C(Nc1ccc(Nc2ccccc2)nc1)[C@@H]1COc2ccccc2O1. The minimum atomic E-state index is -0.702. The molecule has 4 rings (SSSR count). The van der Waals surface area contributed by atoms with Gasteiger partial charge in [-0.05, 0) is 36.4 Å². The number of ether oxygens (including phenoxy) is 2. The maximum absolute atomic E-state index is 12.4. The van der Waals surface area contributed by atoms with E-state index in [1.165, 1.54) is 0 Å². The maximum atomic E-state index is 12.4. The minimum Gasteiger partial charge on any atom is -0.485 e. The fourth-order valence-electron chi connectivity index (χ4n) is 2.58. The normalized spacial score (nSPS) is 15.2. The third-order valence-corrected chi connectivity index (χ3v) is 3.88. The lowest BCUT2D eigenvalue weighted by molar-refractivity contribution is -0.125. The van der Waals surface area contributed by atoms with Gasteiger partial charge in [0.1, 0.15) is 12.4 Å². The molecule has 0 bridgehead atoms. The fourth-order valence-corrected chi connectivity index (χ4v) is 2.58. The van der Waals surface area contributed by atoms with Crippen LogP contribution in [0.15, 0.2) is 72.9 Å². The van der Waals surface area contributed by atoms with Gasteiger partial charge in [0.15, 0.2) is 11.5 Å². The van der Waals surface area contributed by atoms with Gasteiger partial charge in [0.25, 0.3) is 5.91 Å². The molecule has 1 aromatic heterocycles. The number of carbonyl (C=O) groups excluding carboxylic acids is 1. The molecular formula is C20H17N3O3. The van der Waals surface area contributed by atoms with Crippen LogP contribution >= 0.6 is 0 Å². The fraction of sp³-hybridized carbons (Fsp3) is 0.100. The van der Waals surface area contributed by atoms with Crippen molar-refractivity contribution in [3.8, 4) is 11.5 Å². The Balaban J connectivity index is 1.37. The molecule has 0 saturated heterocycles. The van der Waals surface area contributed by atoms with Crippen LogP contribution in [0.3, 0.4) is 0 Å². The number of anilines is 3. The van der Waals surface area contributed by atoms with Gasteiger partial charge in [0.05, 0.1) is 11.9 Å². The van der Waals surface area contributed by atoms with Crippen molar-refractivity contribution in [3.05, 3.63) is 72.9 Å². The molecule has 6 nitrogen and oxygen atoms in total. The number of nitrogens with zero attached hydrogens (tertiary/aromatic N) is 1. The standard InChI is InChI=1S/C20H17N3O3/c24-20(18-13-25-16-8-4-5-9-17(16)26-18)23-15-10-11-19(21-12-15)22-14-6-2-1-3-7-14/h1-12,18H,13H2,(H,21,22)(H,23,24)/t18-/m0/s1. The molecule has 130 valence electrons. The highest BCUT2D eigenvalue weighted by Crippen LogP contribution is 2.31. The van der Waals surface area contributed by atoms with Crippen LogP contribution in [0.25, 0.3) is 0 Å². The Morgan fingerprint density at radius 1 is 0.923 bits per heavy atom. The molecule has 0 spiro atoms. The van der Waals surface area contributed by atoms with Crippen molar-refractivity contribution in [3.63, 3.8) is 0 Å². The van der Waals surface area contributed by atoms with Gasteiger partial charge in [-0.25, -0.2) is 4.98 Å². The largest absolute Gasteiger partial charge is 0.485 e. The Kier molecular flexibility index (Phi) is 4.38. The second kappa shape index (κ2) is 7.14. The number of carbonyl (C=O) groups is 1. The van der Waals surface area contributed by atoms with Gasteiger partial charge in [-0.3, -0.25) is 4.79 Å². The van der Waals surface area contributed by atoms with Crippen molar-refractivity contribution >= 4 is 23.1 Å². The second-order valence-corrected chi connectivity index (χ2v) is 5.78. The van der Waals surface area contributed by atoms with Gasteiger partial charge in [0, 0.05) is 5.69 Å². The topological polar surface area (TPSA) is 72.5 Å². The second-order valence-electron chi connectivity index (χ2n) is 5.78. The van der Waals surface area contributed by atoms with Crippen LogP contribution in [0.4, 0.5) is 17.2 Å². The van der Waals surface area contributed by atoms with Crippen LogP contribution in [0, 0.1) is 0 Å². The summed E-state index contributed by atoms with van der Waals surface area (Å²) in [6.07, 6.45) is 0.896. The van der Waals surface area contributed by atoms with E-state index in [0.29, 0.717) is 23.0 Å². The number of hydrogen-bond acceptors (Lipinski definition) is 5. The lowest BCUT2D eigenvalue weighted by Crippen LogP contribution is -2.40. The molecular weight excluding hydrogens is 330 g/mol. The number of fused-ring (bicyclic) bond motifs is 1. The van der Waals surface area contributed by atoms with Crippen LogP contribution in [0.2, 0.25) is 0 Å². The maximum Gasteiger partial charge on any atom is 0.269 e. The van der Waals surface area contributed by atoms with Crippen LogP contribution in [0.1, 0.15) is 0 Å². The summed E-state index contributed by atoms with van der Waals surface area (Å²) in [4.78, 5) is 16.7. The first-order valence-electron chi connectivity index (χ1n) is 8.25. The molecule has 0 fully saturated rings. The highest BCUT2D eigenvalue weighted by molar-refractivity contribution is 5.94. The molecule has 0 radical (unpaired) electrons. The molecule has 2 heterocycles. The number of pyridine rings is 1. The van der Waals surface area contributed by atoms with E-state index in [2.05, 4.69) is 15.6 Å². The Labute approximate surface area is 150 Å². The van der Waals surface area contributed by atoms with Crippen molar-refractivity contribution in [2.75, 3.05) is 17.2 Å². The first kappa shape index (κ1) is 16.0. The Hall–Kier alpha value is -3.54. The molecule has 1 atom stereocenters. The van der Waals surface area contributed by atoms with E-state index in [0.717, 1.165) is 5.69 Å². The number of hydrogen-bond donors (Lipinski definition) is 2. The third kappa shape index (κ3) is 3.59. The van der Waals surface area contributed by atoms with Crippen LogP contribution in [0.5, 0.6) is 11.5 Å². The van der Waals surface area contributed by atoms with Crippen LogP contribution in [-0.2, 0) is 4.79 Å². The summed E-state index contributed by atoms with van der Waals surface area (Å²) in [7, 11) is 0. The van der Waals surface area contributed by atoms with Gasteiger partial charge in [-0.1, -0.05) is 30.3 Å². The third-order valence-electron chi connectivity index (χ3n) is 3.88. The Bertz CT molecular complexity index is 898. The summed E-state index contributed by atoms with van der Waals surface area (Å²) in [5, 5.41) is 5.99. The predicted molar refractivity (Wildman–Crippen MR) is 98.9 cm³/mol. The number of benzene rings is 2. The summed E-state index contributed by atoms with van der Waals surface area (Å²) in [6.45, 7) is 0.171. The lowest BCUT2D eigenvalue weighted by atomic mass is 10.2. The van der Waals surface area contributed by atoms with Gasteiger partial charge in [-0.2, -0.15) is 0 Å². The molecule has 0 saturated carbocycles. The van der Waals surface area contributed by atoms with E-state index < -0.39 is 6.10 Å². The smallest absolute Gasteiger partial charge is 0.269 e. The zero-order chi connectivity index (χ0) is 17.8. The summed E-state index contributed by atoms with van der Waals surface area (Å²) in [5.41, 5.74) is 1.54. The first-order valence-corrected chi connectivity index (χ1v) is 8.25. The van der Waals surface area contributed by atoms with Crippen molar-refractivity contribution in [2.24, 2.45) is 0 Å². The van der Waals surface area contributed by atoms with Gasteiger partial charge >= 0.3 is 0 Å². The molecule has 1 aliphatic rings. The van der Waals surface area contributed by atoms with E-state index in [4.69, 9.17) is 9.47 Å². The van der Waals surface area contributed by atoms with Crippen LogP contribution in [-0.4, -0.2) is 23.6 Å². The highest BCUT2D eigenvalue weighted by Gasteiger charge is 2.27. The summed E-state index contributed by atoms with van der Waals surface area (Å²) < 4.78 is 11.3. The van der Waals surface area contributed by atoms with E-state index in [-0.39, 0.29) is 12.5 Å². The summed E-state index contributed by atoms with van der Waals surface area (Å²) >= 11 is 0. The number of amides is 1. The molecule has 6 heteroatoms. The van der Waals surface area contributed by atoms with Crippen molar-refractivity contribution in [1.29, 1.82) is 0 Å². The number of rotatable bonds is 4. The molecule has 1 aliphatic heterocycles. The van der Waals surface area contributed by atoms with Gasteiger partial charge < -0.3 is 20.1 Å². The van der Waals surface area contributed by atoms with E-state index in [1.807, 2.05) is 48.5 Å². The zero-order valence-electron chi connectivity index (χ0n) is 13.9. The van der Waals surface area contributed by atoms with Crippen LogP contribution < -0.4 is 20.1 Å². The lowest BCUT2D eigenvalue weighted by Gasteiger charge is -2.25. The molecule has 0 aliphatic carbocycles. The van der Waals surface area contributed by atoms with E-state index >= 15 is 0 Å².